The van der Waals surface area contributed by atoms with E-state index < -0.39 is 20.0 Å². The SMILES string of the molecule is CC/C=C\C/C=C\C/C=C\C/C=C\C/C=C\C/C=C\CCCCCCC(=O)OC(/C=C\CCCCCCCCCCCC)C(COP(=O)(O)OCC[N+](C)(C)C)NC(=O)CCCCCC/C=C/C/C=C/C/C=C/CC. The van der Waals surface area contributed by atoms with Crippen molar-refractivity contribution in [1.29, 1.82) is 0 Å². The molecule has 0 bridgehead atoms. The zero-order valence-electron chi connectivity index (χ0n) is 48.7. The fourth-order valence-electron chi connectivity index (χ4n) is 7.84. The molecule has 0 aliphatic rings. The number of ether oxygens (including phenoxy) is 1. The fourth-order valence-corrected chi connectivity index (χ4v) is 8.57. The van der Waals surface area contributed by atoms with Gasteiger partial charge in [-0.25, -0.2) is 4.57 Å². The predicted octanol–water partition coefficient (Wildman–Crippen LogP) is 18.3. The van der Waals surface area contributed by atoms with Crippen molar-refractivity contribution >= 4 is 19.7 Å². The van der Waals surface area contributed by atoms with Crippen LogP contribution in [0, 0.1) is 0 Å². The monoisotopic (exact) mass is 1060 g/mol. The Morgan fingerprint density at radius 3 is 1.28 bits per heavy atom. The van der Waals surface area contributed by atoms with Crippen molar-refractivity contribution in [3.8, 4) is 0 Å². The van der Waals surface area contributed by atoms with Gasteiger partial charge in [-0.3, -0.25) is 18.6 Å². The molecule has 0 aromatic carbocycles. The number of carbonyl (C=O) groups is 2. The summed E-state index contributed by atoms with van der Waals surface area (Å²) in [7, 11) is 1.44. The maximum atomic E-state index is 13.5. The van der Waals surface area contributed by atoms with Gasteiger partial charge in [0.15, 0.2) is 0 Å². The van der Waals surface area contributed by atoms with Crippen LogP contribution in [0.4, 0.5) is 0 Å². The Morgan fingerprint density at radius 2 is 0.853 bits per heavy atom. The topological polar surface area (TPSA) is 111 Å². The van der Waals surface area contributed by atoms with Gasteiger partial charge >= 0.3 is 13.8 Å². The van der Waals surface area contributed by atoms with Gasteiger partial charge in [0.25, 0.3) is 0 Å². The van der Waals surface area contributed by atoms with E-state index in [0.29, 0.717) is 30.3 Å². The minimum atomic E-state index is -4.47. The zero-order chi connectivity index (χ0) is 55.0. The normalized spacial score (nSPS) is 14.6. The lowest BCUT2D eigenvalue weighted by molar-refractivity contribution is -0.870. The summed E-state index contributed by atoms with van der Waals surface area (Å²) in [4.78, 5) is 37.6. The number of amides is 1. The molecule has 75 heavy (non-hydrogen) atoms. The van der Waals surface area contributed by atoms with E-state index in [9.17, 15) is 19.0 Å². The Hall–Kier alpha value is -3.59. The highest BCUT2D eigenvalue weighted by molar-refractivity contribution is 7.47. The van der Waals surface area contributed by atoms with Crippen molar-refractivity contribution < 1.29 is 37.3 Å². The molecular formula is C65H112N2O7P+. The van der Waals surface area contributed by atoms with E-state index >= 15 is 0 Å². The fraction of sp³-hybridized carbons (Fsp3) is 0.662. The van der Waals surface area contributed by atoms with E-state index in [2.05, 4.69) is 135 Å². The molecular weight excluding hydrogens is 952 g/mol. The number of hydrogen-bond donors (Lipinski definition) is 2. The summed E-state index contributed by atoms with van der Waals surface area (Å²) in [6.45, 7) is 6.72. The molecule has 0 rings (SSSR count). The number of hydrogen-bond acceptors (Lipinski definition) is 6. The summed E-state index contributed by atoms with van der Waals surface area (Å²) in [6.07, 6.45) is 74.8. The Kier molecular flexibility index (Phi) is 51.2. The van der Waals surface area contributed by atoms with Gasteiger partial charge < -0.3 is 19.4 Å². The summed E-state index contributed by atoms with van der Waals surface area (Å²) in [5.74, 6) is -0.570. The Balaban J connectivity index is 5.35. The van der Waals surface area contributed by atoms with Crippen LogP contribution in [0.1, 0.15) is 226 Å². The third-order valence-electron chi connectivity index (χ3n) is 12.4. The van der Waals surface area contributed by atoms with E-state index in [1.165, 1.54) is 51.4 Å². The number of nitrogens with zero attached hydrogens (tertiary/aromatic N) is 1. The summed E-state index contributed by atoms with van der Waals surface area (Å²) in [6, 6.07) is -0.879. The molecule has 0 aliphatic carbocycles. The number of allylic oxidation sites excluding steroid dienone is 19. The van der Waals surface area contributed by atoms with Crippen LogP contribution in [0.5, 0.6) is 0 Å². The van der Waals surface area contributed by atoms with Crippen molar-refractivity contribution in [2.45, 2.75) is 238 Å². The van der Waals surface area contributed by atoms with Crippen LogP contribution in [0.25, 0.3) is 0 Å². The minimum Gasteiger partial charge on any atom is -0.456 e. The van der Waals surface area contributed by atoms with Crippen LogP contribution >= 0.6 is 7.82 Å². The number of likely N-dealkylation sites (N-methyl/N-ethyl adjacent to an activating group) is 1. The molecule has 428 valence electrons. The Bertz CT molecular complexity index is 1700. The van der Waals surface area contributed by atoms with E-state index in [1.54, 1.807) is 0 Å². The van der Waals surface area contributed by atoms with E-state index in [-0.39, 0.29) is 31.5 Å². The quantitative estimate of drug-likeness (QED) is 0.0205. The van der Waals surface area contributed by atoms with Gasteiger partial charge in [-0.05, 0) is 115 Å². The van der Waals surface area contributed by atoms with Gasteiger partial charge in [-0.2, -0.15) is 0 Å². The standard InChI is InChI=1S/C65H111N2O7P/c1-7-10-13-16-19-22-25-28-30-31-32-33-34-35-36-37-38-40-43-46-49-52-55-58-65(69)74-63(56-53-50-47-44-41-27-24-21-18-15-12-9-3)62(61-73-75(70,71)72-60-59-67(4,5)6)66-64(68)57-54-51-48-45-42-39-29-26-23-20-17-14-11-8-2/h10-11,13-14,19-20,22-23,28-30,32-33,35-36,38-40,53,56,62-63H,7-9,12,15-18,21,24-27,31,34,37,41-52,54-55,57-61H2,1-6H3,(H-,66,68,70,71)/p+1/b13-10-,14-11+,22-19-,23-20+,30-28-,33-32-,36-35-,39-29+,40-38-,56-53-. The van der Waals surface area contributed by atoms with Gasteiger partial charge in [0.1, 0.15) is 19.3 Å². The van der Waals surface area contributed by atoms with Gasteiger partial charge in [0.05, 0.1) is 33.8 Å². The van der Waals surface area contributed by atoms with Crippen molar-refractivity contribution in [3.05, 3.63) is 122 Å². The van der Waals surface area contributed by atoms with Crippen molar-refractivity contribution in [2.24, 2.45) is 0 Å². The number of rotatable bonds is 52. The molecule has 3 unspecified atom stereocenters. The first kappa shape index (κ1) is 71.4. The molecule has 2 N–H and O–H groups in total. The molecule has 0 saturated heterocycles. The second-order valence-electron chi connectivity index (χ2n) is 20.8. The summed E-state index contributed by atoms with van der Waals surface area (Å²) < 4.78 is 30.6. The lowest BCUT2D eigenvalue weighted by atomic mass is 10.0. The molecule has 10 heteroatoms. The van der Waals surface area contributed by atoms with Gasteiger partial charge in [0, 0.05) is 12.8 Å². The van der Waals surface area contributed by atoms with Crippen LogP contribution in [0.2, 0.25) is 0 Å². The molecule has 0 spiro atoms. The molecule has 3 atom stereocenters. The number of phosphoric ester groups is 1. The number of carbonyl (C=O) groups excluding carboxylic acids is 2. The number of nitrogens with one attached hydrogen (secondary N) is 1. The molecule has 0 heterocycles. The average Bonchev–Trinajstić information content (AvgIpc) is 3.37. The Morgan fingerprint density at radius 1 is 0.480 bits per heavy atom. The zero-order valence-corrected chi connectivity index (χ0v) is 49.6. The van der Waals surface area contributed by atoms with Gasteiger partial charge in [-0.15, -0.1) is 0 Å². The minimum absolute atomic E-state index is 0.0245. The van der Waals surface area contributed by atoms with Crippen LogP contribution in [-0.4, -0.2) is 74.3 Å². The first-order valence-electron chi connectivity index (χ1n) is 29.9. The lowest BCUT2D eigenvalue weighted by Gasteiger charge is -2.27. The number of quaternary nitrogens is 1. The van der Waals surface area contributed by atoms with Crippen LogP contribution in [-0.2, 0) is 27.9 Å². The molecule has 0 saturated carbocycles. The molecule has 0 aliphatic heterocycles. The van der Waals surface area contributed by atoms with Crippen LogP contribution in [0.3, 0.4) is 0 Å². The first-order valence-corrected chi connectivity index (χ1v) is 31.4. The van der Waals surface area contributed by atoms with Crippen LogP contribution < -0.4 is 5.32 Å². The Labute approximate surface area is 461 Å². The van der Waals surface area contributed by atoms with E-state index in [0.717, 1.165) is 128 Å². The number of unbranched alkanes of at least 4 members (excludes halogenated alkanes) is 18. The maximum Gasteiger partial charge on any atom is 0.472 e. The van der Waals surface area contributed by atoms with Crippen LogP contribution in [0.15, 0.2) is 122 Å². The number of phosphoric acid groups is 1. The highest BCUT2D eigenvalue weighted by Gasteiger charge is 2.30. The summed E-state index contributed by atoms with van der Waals surface area (Å²) in [5, 5.41) is 3.03. The molecule has 0 aromatic rings. The highest BCUT2D eigenvalue weighted by Crippen LogP contribution is 2.43. The van der Waals surface area contributed by atoms with Gasteiger partial charge in [-0.1, -0.05) is 220 Å². The number of esters is 1. The van der Waals surface area contributed by atoms with Crippen molar-refractivity contribution in [3.63, 3.8) is 0 Å². The summed E-state index contributed by atoms with van der Waals surface area (Å²) in [5.41, 5.74) is 0. The van der Waals surface area contributed by atoms with Crippen molar-refractivity contribution in [2.75, 3.05) is 40.9 Å². The molecule has 0 radical (unpaired) electrons. The van der Waals surface area contributed by atoms with E-state index in [1.807, 2.05) is 33.3 Å². The lowest BCUT2D eigenvalue weighted by Crippen LogP contribution is -2.47. The largest absolute Gasteiger partial charge is 0.472 e. The summed E-state index contributed by atoms with van der Waals surface area (Å²) >= 11 is 0. The highest BCUT2D eigenvalue weighted by atomic mass is 31.2. The van der Waals surface area contributed by atoms with E-state index in [4.69, 9.17) is 13.8 Å². The molecule has 0 aromatic heterocycles. The second-order valence-corrected chi connectivity index (χ2v) is 22.2. The third-order valence-corrected chi connectivity index (χ3v) is 13.4. The predicted molar refractivity (Wildman–Crippen MR) is 323 cm³/mol. The third kappa shape index (κ3) is 55.0. The maximum absolute atomic E-state index is 13.5. The molecule has 1 amide bonds. The van der Waals surface area contributed by atoms with Gasteiger partial charge in [0.2, 0.25) is 5.91 Å². The first-order chi connectivity index (χ1) is 36.4. The smallest absolute Gasteiger partial charge is 0.456 e. The second kappa shape index (κ2) is 53.8. The molecule has 0 fully saturated rings. The molecule has 9 nitrogen and oxygen atoms in total. The average molecular weight is 1060 g/mol. The van der Waals surface area contributed by atoms with Crippen molar-refractivity contribution in [1.82, 2.24) is 5.32 Å².